The molecule has 2 rings (SSSR count). The van der Waals surface area contributed by atoms with Crippen LogP contribution in [0.3, 0.4) is 0 Å². The van der Waals surface area contributed by atoms with Crippen molar-refractivity contribution in [3.63, 3.8) is 0 Å². The van der Waals surface area contributed by atoms with Gasteiger partial charge >= 0.3 is 0 Å². The van der Waals surface area contributed by atoms with Gasteiger partial charge in [-0.1, -0.05) is 6.92 Å². The normalized spacial score (nSPS) is 20.1. The van der Waals surface area contributed by atoms with E-state index in [0.717, 1.165) is 19.5 Å². The number of nitrogen functional groups attached to an aromatic ring is 1. The highest BCUT2D eigenvalue weighted by molar-refractivity contribution is 5.91. The number of nitrogens with two attached hydrogens (primary N) is 2. The number of rotatable bonds is 2. The second-order valence-electron chi connectivity index (χ2n) is 4.31. The minimum Gasteiger partial charge on any atom is -0.396 e. The highest BCUT2D eigenvalue weighted by Crippen LogP contribution is 2.26. The fourth-order valence-electron chi connectivity index (χ4n) is 1.98. The van der Waals surface area contributed by atoms with Gasteiger partial charge in [-0.3, -0.25) is 4.79 Å². The molecule has 1 fully saturated rings. The molecule has 4 N–H and O–H groups in total. The molecule has 0 aromatic carbocycles. The lowest BCUT2D eigenvalue weighted by atomic mass is 10.2. The number of pyridine rings is 1. The molecule has 0 aliphatic carbocycles. The summed E-state index contributed by atoms with van der Waals surface area (Å²) in [5, 5.41) is 0. The first-order chi connectivity index (χ1) is 7.58. The van der Waals surface area contributed by atoms with E-state index in [0.29, 0.717) is 17.4 Å². The molecule has 5 nitrogen and oxygen atoms in total. The molecule has 1 aliphatic rings. The van der Waals surface area contributed by atoms with E-state index in [-0.39, 0.29) is 5.69 Å². The molecule has 0 saturated carbocycles. The van der Waals surface area contributed by atoms with Gasteiger partial charge in [-0.2, -0.15) is 0 Å². The zero-order valence-corrected chi connectivity index (χ0v) is 9.31. The monoisotopic (exact) mass is 220 g/mol. The van der Waals surface area contributed by atoms with E-state index in [1.807, 2.05) is 0 Å². The minimum absolute atomic E-state index is 0.267. The average Bonchev–Trinajstić information content (AvgIpc) is 2.65. The number of hydrogen-bond donors (Lipinski definition) is 2. The standard InChI is InChI=1S/C11H16N4O/c1-7-4-5-15(6-7)11-8(12)2-3-9(14-11)10(13)16/h2-3,7H,4-6,12H2,1H3,(H2,13,16). The van der Waals surface area contributed by atoms with Crippen molar-refractivity contribution in [2.75, 3.05) is 23.7 Å². The van der Waals surface area contributed by atoms with Gasteiger partial charge in [0.15, 0.2) is 5.82 Å². The molecule has 2 heterocycles. The topological polar surface area (TPSA) is 85.2 Å². The summed E-state index contributed by atoms with van der Waals surface area (Å²) in [5.74, 6) is 0.799. The van der Waals surface area contributed by atoms with E-state index in [9.17, 15) is 4.79 Å². The molecular weight excluding hydrogens is 204 g/mol. The SMILES string of the molecule is CC1CCN(c2nc(C(N)=O)ccc2N)C1. The molecule has 0 spiro atoms. The van der Waals surface area contributed by atoms with Crippen LogP contribution in [-0.2, 0) is 0 Å². The summed E-state index contributed by atoms with van der Waals surface area (Å²) in [6.45, 7) is 4.05. The summed E-state index contributed by atoms with van der Waals surface area (Å²) in [7, 11) is 0. The van der Waals surface area contributed by atoms with Crippen LogP contribution in [0, 0.1) is 5.92 Å². The predicted octanol–water partition coefficient (Wildman–Crippen LogP) is 0.609. The number of aromatic nitrogens is 1. The summed E-state index contributed by atoms with van der Waals surface area (Å²) in [6.07, 6.45) is 1.13. The smallest absolute Gasteiger partial charge is 0.267 e. The Hall–Kier alpha value is -1.78. The van der Waals surface area contributed by atoms with Crippen molar-refractivity contribution in [3.05, 3.63) is 17.8 Å². The molecule has 0 radical (unpaired) electrons. The van der Waals surface area contributed by atoms with E-state index in [2.05, 4.69) is 16.8 Å². The van der Waals surface area contributed by atoms with Crippen LogP contribution in [0.4, 0.5) is 11.5 Å². The summed E-state index contributed by atoms with van der Waals surface area (Å²) in [6, 6.07) is 3.24. The van der Waals surface area contributed by atoms with Crippen molar-refractivity contribution in [1.82, 2.24) is 4.98 Å². The lowest BCUT2D eigenvalue weighted by molar-refractivity contribution is 0.0995. The number of primary amides is 1. The van der Waals surface area contributed by atoms with Crippen molar-refractivity contribution in [2.45, 2.75) is 13.3 Å². The highest BCUT2D eigenvalue weighted by atomic mass is 16.1. The Labute approximate surface area is 94.4 Å². The molecule has 0 bridgehead atoms. The minimum atomic E-state index is -0.520. The number of carbonyl (C=O) groups is 1. The third-order valence-corrected chi connectivity index (χ3v) is 2.88. The lowest BCUT2D eigenvalue weighted by Crippen LogP contribution is -2.23. The quantitative estimate of drug-likeness (QED) is 0.764. The molecule has 16 heavy (non-hydrogen) atoms. The first-order valence-corrected chi connectivity index (χ1v) is 5.39. The van der Waals surface area contributed by atoms with Gasteiger partial charge in [0.1, 0.15) is 5.69 Å². The molecule has 1 aromatic rings. The van der Waals surface area contributed by atoms with Crippen LogP contribution in [0.5, 0.6) is 0 Å². The second kappa shape index (κ2) is 4.00. The Morgan fingerprint density at radius 1 is 1.56 bits per heavy atom. The molecule has 86 valence electrons. The third-order valence-electron chi connectivity index (χ3n) is 2.88. The van der Waals surface area contributed by atoms with Crippen LogP contribution in [-0.4, -0.2) is 24.0 Å². The number of hydrogen-bond acceptors (Lipinski definition) is 4. The van der Waals surface area contributed by atoms with Crippen LogP contribution in [0.15, 0.2) is 12.1 Å². The van der Waals surface area contributed by atoms with Gasteiger partial charge in [0.25, 0.3) is 5.91 Å². The van der Waals surface area contributed by atoms with Gasteiger partial charge in [0.05, 0.1) is 5.69 Å². The van der Waals surface area contributed by atoms with Crippen molar-refractivity contribution < 1.29 is 4.79 Å². The molecule has 1 unspecified atom stereocenters. The maximum atomic E-state index is 11.0. The molecule has 5 heteroatoms. The zero-order valence-electron chi connectivity index (χ0n) is 9.31. The summed E-state index contributed by atoms with van der Waals surface area (Å²) in [4.78, 5) is 17.4. The fraction of sp³-hybridized carbons (Fsp3) is 0.455. The van der Waals surface area contributed by atoms with Crippen molar-refractivity contribution in [3.8, 4) is 0 Å². The van der Waals surface area contributed by atoms with E-state index < -0.39 is 5.91 Å². The second-order valence-corrected chi connectivity index (χ2v) is 4.31. The molecule has 1 atom stereocenters. The van der Waals surface area contributed by atoms with Crippen LogP contribution in [0.25, 0.3) is 0 Å². The molecule has 1 aliphatic heterocycles. The van der Waals surface area contributed by atoms with Crippen LogP contribution < -0.4 is 16.4 Å². The summed E-state index contributed by atoms with van der Waals surface area (Å²) < 4.78 is 0. The molecule has 1 aromatic heterocycles. The number of nitrogens with zero attached hydrogens (tertiary/aromatic N) is 2. The largest absolute Gasteiger partial charge is 0.396 e. The zero-order chi connectivity index (χ0) is 11.7. The van der Waals surface area contributed by atoms with Gasteiger partial charge in [0.2, 0.25) is 0 Å². The van der Waals surface area contributed by atoms with Crippen molar-refractivity contribution >= 4 is 17.4 Å². The maximum Gasteiger partial charge on any atom is 0.267 e. The van der Waals surface area contributed by atoms with Gasteiger partial charge in [-0.05, 0) is 24.5 Å². The van der Waals surface area contributed by atoms with E-state index >= 15 is 0 Å². The van der Waals surface area contributed by atoms with E-state index in [1.54, 1.807) is 12.1 Å². The number of amides is 1. The highest BCUT2D eigenvalue weighted by Gasteiger charge is 2.22. The predicted molar refractivity (Wildman–Crippen MR) is 63.2 cm³/mol. The van der Waals surface area contributed by atoms with Gasteiger partial charge in [0, 0.05) is 13.1 Å². The molecular formula is C11H16N4O. The van der Waals surface area contributed by atoms with Crippen LogP contribution in [0.1, 0.15) is 23.8 Å². The Kier molecular flexibility index (Phi) is 2.68. The van der Waals surface area contributed by atoms with Crippen molar-refractivity contribution in [1.29, 1.82) is 0 Å². The average molecular weight is 220 g/mol. The van der Waals surface area contributed by atoms with Gasteiger partial charge in [-0.15, -0.1) is 0 Å². The first-order valence-electron chi connectivity index (χ1n) is 5.39. The summed E-state index contributed by atoms with van der Waals surface area (Å²) in [5.41, 5.74) is 11.9. The first kappa shape index (κ1) is 10.7. The van der Waals surface area contributed by atoms with Crippen molar-refractivity contribution in [2.24, 2.45) is 11.7 Å². The van der Waals surface area contributed by atoms with Crippen LogP contribution in [0.2, 0.25) is 0 Å². The summed E-state index contributed by atoms with van der Waals surface area (Å²) >= 11 is 0. The van der Waals surface area contributed by atoms with E-state index in [1.165, 1.54) is 0 Å². The van der Waals surface area contributed by atoms with Crippen LogP contribution >= 0.6 is 0 Å². The Balaban J connectivity index is 2.32. The molecule has 1 saturated heterocycles. The Morgan fingerprint density at radius 2 is 2.31 bits per heavy atom. The number of carbonyl (C=O) groups excluding carboxylic acids is 1. The Bertz CT molecular complexity index is 418. The number of anilines is 2. The molecule has 1 amide bonds. The maximum absolute atomic E-state index is 11.0. The third kappa shape index (κ3) is 1.93. The lowest BCUT2D eigenvalue weighted by Gasteiger charge is -2.19. The van der Waals surface area contributed by atoms with E-state index in [4.69, 9.17) is 11.5 Å². The Morgan fingerprint density at radius 3 is 2.88 bits per heavy atom. The fourth-order valence-corrected chi connectivity index (χ4v) is 1.98. The van der Waals surface area contributed by atoms with Gasteiger partial charge in [-0.25, -0.2) is 4.98 Å². The van der Waals surface area contributed by atoms with Gasteiger partial charge < -0.3 is 16.4 Å².